The zero-order valence-corrected chi connectivity index (χ0v) is 12.0. The summed E-state index contributed by atoms with van der Waals surface area (Å²) in [5, 5.41) is 3.24. The number of carbonyl (C=O) groups is 2. The van der Waals surface area contributed by atoms with Crippen molar-refractivity contribution >= 4 is 41.2 Å². The third-order valence-corrected chi connectivity index (χ3v) is 3.14. The molecule has 6 heteroatoms. The third kappa shape index (κ3) is 4.58. The summed E-state index contributed by atoms with van der Waals surface area (Å²) in [6.07, 6.45) is 2.80. The molecule has 0 saturated heterocycles. The van der Waals surface area contributed by atoms with Gasteiger partial charge < -0.3 is 10.1 Å². The highest BCUT2D eigenvalue weighted by atomic mass is 35.5. The van der Waals surface area contributed by atoms with E-state index >= 15 is 0 Å². The largest absolute Gasteiger partial charge is 0.467 e. The molecular formula is C13H13Cl2NO3. The molecule has 19 heavy (non-hydrogen) atoms. The van der Waals surface area contributed by atoms with Gasteiger partial charge in [0.2, 0.25) is 5.91 Å². The number of hydrogen-bond acceptors (Lipinski definition) is 3. The molecule has 0 heterocycles. The average molecular weight is 302 g/mol. The molecule has 1 N–H and O–H groups in total. The molecule has 0 aliphatic heterocycles. The maximum absolute atomic E-state index is 11.6. The number of benzene rings is 1. The summed E-state index contributed by atoms with van der Waals surface area (Å²) in [5.74, 6) is -0.934. The van der Waals surface area contributed by atoms with Crippen molar-refractivity contribution in [2.45, 2.75) is 13.0 Å². The molecule has 0 bridgehead atoms. The Hall–Kier alpha value is -1.52. The van der Waals surface area contributed by atoms with Crippen molar-refractivity contribution in [2.24, 2.45) is 0 Å². The second kappa shape index (κ2) is 7.16. The molecule has 1 aromatic rings. The Morgan fingerprint density at radius 2 is 2.05 bits per heavy atom. The molecular weight excluding hydrogens is 289 g/mol. The molecule has 1 unspecified atom stereocenters. The summed E-state index contributed by atoms with van der Waals surface area (Å²) < 4.78 is 4.49. The predicted molar refractivity (Wildman–Crippen MR) is 75.1 cm³/mol. The summed E-state index contributed by atoms with van der Waals surface area (Å²) in [7, 11) is 1.26. The summed E-state index contributed by atoms with van der Waals surface area (Å²) in [4.78, 5) is 22.7. The summed E-state index contributed by atoms with van der Waals surface area (Å²) in [5.41, 5.74) is 0.620. The van der Waals surface area contributed by atoms with Gasteiger partial charge in [-0.25, -0.2) is 4.79 Å². The van der Waals surface area contributed by atoms with E-state index in [4.69, 9.17) is 23.2 Å². The van der Waals surface area contributed by atoms with Gasteiger partial charge in [0, 0.05) is 6.08 Å². The lowest BCUT2D eigenvalue weighted by Gasteiger charge is -2.09. The van der Waals surface area contributed by atoms with Crippen LogP contribution >= 0.6 is 23.2 Å². The van der Waals surface area contributed by atoms with Crippen LogP contribution in [0, 0.1) is 0 Å². The zero-order valence-electron chi connectivity index (χ0n) is 10.4. The van der Waals surface area contributed by atoms with Crippen LogP contribution < -0.4 is 5.32 Å². The Morgan fingerprint density at radius 3 is 2.68 bits per heavy atom. The first-order valence-electron chi connectivity index (χ1n) is 5.46. The van der Waals surface area contributed by atoms with E-state index in [2.05, 4.69) is 10.1 Å². The summed E-state index contributed by atoms with van der Waals surface area (Å²) in [6.45, 7) is 1.53. The van der Waals surface area contributed by atoms with E-state index in [-0.39, 0.29) is 0 Å². The maximum Gasteiger partial charge on any atom is 0.328 e. The van der Waals surface area contributed by atoms with Gasteiger partial charge in [-0.15, -0.1) is 0 Å². The minimum absolute atomic E-state index is 0.370. The molecule has 1 aromatic carbocycles. The lowest BCUT2D eigenvalue weighted by atomic mass is 10.2. The van der Waals surface area contributed by atoms with Gasteiger partial charge in [-0.3, -0.25) is 4.79 Å². The quantitative estimate of drug-likeness (QED) is 0.687. The van der Waals surface area contributed by atoms with E-state index in [1.807, 2.05) is 0 Å². The van der Waals surface area contributed by atoms with Crippen LogP contribution in [0.25, 0.3) is 6.08 Å². The number of carbonyl (C=O) groups excluding carboxylic acids is 2. The van der Waals surface area contributed by atoms with Crippen molar-refractivity contribution in [3.63, 3.8) is 0 Å². The fourth-order valence-electron chi connectivity index (χ4n) is 1.31. The van der Waals surface area contributed by atoms with E-state index in [0.29, 0.717) is 15.6 Å². The average Bonchev–Trinajstić information content (AvgIpc) is 2.39. The number of ether oxygens (including phenoxy) is 1. The minimum Gasteiger partial charge on any atom is -0.467 e. The highest BCUT2D eigenvalue weighted by Crippen LogP contribution is 2.26. The first kappa shape index (κ1) is 15.5. The number of hydrogen-bond donors (Lipinski definition) is 1. The Balaban J connectivity index is 2.69. The first-order valence-corrected chi connectivity index (χ1v) is 6.21. The van der Waals surface area contributed by atoms with Crippen LogP contribution in [0.3, 0.4) is 0 Å². The van der Waals surface area contributed by atoms with Gasteiger partial charge in [0.25, 0.3) is 0 Å². The van der Waals surface area contributed by atoms with Gasteiger partial charge >= 0.3 is 5.97 Å². The maximum atomic E-state index is 11.6. The zero-order chi connectivity index (χ0) is 14.4. The molecule has 0 radical (unpaired) electrons. The standard InChI is InChI=1S/C13H13Cl2NO3/c1-8(13(18)19-2)16-11(17)7-6-9-4-3-5-10(14)12(9)15/h3-8H,1-2H3,(H,16,17). The fraction of sp³-hybridized carbons (Fsp3) is 0.231. The van der Waals surface area contributed by atoms with Crippen LogP contribution in [0.4, 0.5) is 0 Å². The topological polar surface area (TPSA) is 55.4 Å². The van der Waals surface area contributed by atoms with Crippen molar-refractivity contribution in [3.8, 4) is 0 Å². The highest BCUT2D eigenvalue weighted by Gasteiger charge is 2.14. The van der Waals surface area contributed by atoms with Crippen LogP contribution in [-0.4, -0.2) is 25.0 Å². The van der Waals surface area contributed by atoms with Crippen LogP contribution in [0.5, 0.6) is 0 Å². The monoisotopic (exact) mass is 301 g/mol. The molecule has 0 fully saturated rings. The Bertz CT molecular complexity index is 515. The van der Waals surface area contributed by atoms with E-state index in [1.54, 1.807) is 18.2 Å². The van der Waals surface area contributed by atoms with E-state index < -0.39 is 17.9 Å². The Labute approximate surface area is 121 Å². The van der Waals surface area contributed by atoms with Crippen molar-refractivity contribution < 1.29 is 14.3 Å². The Morgan fingerprint density at radius 1 is 1.37 bits per heavy atom. The first-order chi connectivity index (χ1) is 8.95. The molecule has 4 nitrogen and oxygen atoms in total. The van der Waals surface area contributed by atoms with Crippen molar-refractivity contribution in [1.82, 2.24) is 5.32 Å². The Kier molecular flexibility index (Phi) is 5.86. The normalized spacial score (nSPS) is 12.2. The van der Waals surface area contributed by atoms with Crippen molar-refractivity contribution in [2.75, 3.05) is 7.11 Å². The molecule has 0 aliphatic carbocycles. The van der Waals surface area contributed by atoms with Gasteiger partial charge in [0.1, 0.15) is 6.04 Å². The molecule has 1 atom stereocenters. The number of methoxy groups -OCH3 is 1. The lowest BCUT2D eigenvalue weighted by Crippen LogP contribution is -2.38. The van der Waals surface area contributed by atoms with E-state index in [9.17, 15) is 9.59 Å². The number of rotatable bonds is 4. The second-order valence-corrected chi connectivity index (χ2v) is 4.51. The third-order valence-electron chi connectivity index (χ3n) is 2.31. The van der Waals surface area contributed by atoms with Gasteiger partial charge in [0.05, 0.1) is 17.2 Å². The highest BCUT2D eigenvalue weighted by molar-refractivity contribution is 6.42. The van der Waals surface area contributed by atoms with E-state index in [1.165, 1.54) is 26.2 Å². The van der Waals surface area contributed by atoms with Crippen LogP contribution in [0.15, 0.2) is 24.3 Å². The summed E-state index contributed by atoms with van der Waals surface area (Å²) in [6, 6.07) is 4.39. The summed E-state index contributed by atoms with van der Waals surface area (Å²) >= 11 is 11.8. The molecule has 1 amide bonds. The second-order valence-electron chi connectivity index (χ2n) is 3.73. The van der Waals surface area contributed by atoms with Gasteiger partial charge in [-0.2, -0.15) is 0 Å². The SMILES string of the molecule is COC(=O)C(C)NC(=O)C=Cc1cccc(Cl)c1Cl. The molecule has 0 saturated carbocycles. The molecule has 0 aliphatic rings. The van der Waals surface area contributed by atoms with Gasteiger partial charge in [-0.1, -0.05) is 35.3 Å². The fourth-order valence-corrected chi connectivity index (χ4v) is 1.68. The molecule has 0 spiro atoms. The van der Waals surface area contributed by atoms with Gasteiger partial charge in [-0.05, 0) is 24.6 Å². The molecule has 102 valence electrons. The number of nitrogens with one attached hydrogen (secondary N) is 1. The van der Waals surface area contributed by atoms with Crippen molar-refractivity contribution in [1.29, 1.82) is 0 Å². The molecule has 0 aromatic heterocycles. The van der Waals surface area contributed by atoms with Crippen molar-refractivity contribution in [3.05, 3.63) is 39.9 Å². The van der Waals surface area contributed by atoms with E-state index in [0.717, 1.165) is 0 Å². The predicted octanol–water partition coefficient (Wildman–Crippen LogP) is 2.68. The minimum atomic E-state index is -0.711. The van der Waals surface area contributed by atoms with Crippen LogP contribution in [0.2, 0.25) is 10.0 Å². The van der Waals surface area contributed by atoms with Crippen LogP contribution in [-0.2, 0) is 14.3 Å². The number of amides is 1. The van der Waals surface area contributed by atoms with Crippen LogP contribution in [0.1, 0.15) is 12.5 Å². The van der Waals surface area contributed by atoms with Gasteiger partial charge in [0.15, 0.2) is 0 Å². The smallest absolute Gasteiger partial charge is 0.328 e. The number of esters is 1. The molecule has 1 rings (SSSR count). The lowest BCUT2D eigenvalue weighted by molar-refractivity contribution is -0.144. The number of halogens is 2.